The van der Waals surface area contributed by atoms with Gasteiger partial charge in [-0.2, -0.15) is 0 Å². The van der Waals surface area contributed by atoms with Gasteiger partial charge < -0.3 is 20.4 Å². The molecule has 0 aromatic heterocycles. The van der Waals surface area contributed by atoms with E-state index >= 15 is 0 Å². The fraction of sp³-hybridized carbons (Fsp3) is 0.591. The smallest absolute Gasteiger partial charge is 0.303 e. The van der Waals surface area contributed by atoms with Gasteiger partial charge in [0.1, 0.15) is 0 Å². The molecule has 0 aliphatic heterocycles. The molecular weight excluding hydrogens is 344 g/mol. The van der Waals surface area contributed by atoms with Crippen molar-refractivity contribution >= 4 is 5.97 Å². The summed E-state index contributed by atoms with van der Waals surface area (Å²) in [4.78, 5) is 10.3. The Morgan fingerprint density at radius 1 is 1.04 bits per heavy atom. The van der Waals surface area contributed by atoms with E-state index in [9.17, 15) is 20.1 Å². The first kappa shape index (κ1) is 23.3. The Hall–Kier alpha value is -1.69. The Morgan fingerprint density at radius 3 is 2.30 bits per heavy atom. The summed E-state index contributed by atoms with van der Waals surface area (Å²) in [6.45, 7) is 2.01. The van der Waals surface area contributed by atoms with Crippen LogP contribution in [0.1, 0.15) is 51.9 Å². The highest BCUT2D eigenvalue weighted by Gasteiger charge is 2.38. The van der Waals surface area contributed by atoms with Crippen LogP contribution >= 0.6 is 0 Å². The van der Waals surface area contributed by atoms with Gasteiger partial charge in [0.25, 0.3) is 0 Å². The molecule has 0 amide bonds. The van der Waals surface area contributed by atoms with Crippen molar-refractivity contribution in [3.8, 4) is 0 Å². The predicted molar refractivity (Wildman–Crippen MR) is 107 cm³/mol. The Balaban J connectivity index is 2.21. The van der Waals surface area contributed by atoms with Crippen molar-refractivity contribution in [1.82, 2.24) is 0 Å². The molecular formula is C22H34O5. The number of carbonyl (C=O) groups is 1. The number of aliphatic hydroxyl groups excluding tert-OH is 3. The molecule has 27 heavy (non-hydrogen) atoms. The summed E-state index contributed by atoms with van der Waals surface area (Å²) in [5.41, 5.74) is 0. The monoisotopic (exact) mass is 378 g/mol. The number of carboxylic acids is 1. The van der Waals surface area contributed by atoms with Crippen molar-refractivity contribution in [3.63, 3.8) is 0 Å². The Labute approximate surface area is 162 Å². The van der Waals surface area contributed by atoms with Crippen molar-refractivity contribution in [2.24, 2.45) is 11.8 Å². The average molecular weight is 379 g/mol. The number of hydrogen-bond donors (Lipinski definition) is 4. The normalized spacial score (nSPS) is 27.6. The van der Waals surface area contributed by atoms with Gasteiger partial charge in [-0.05, 0) is 31.6 Å². The maximum absolute atomic E-state index is 10.3. The van der Waals surface area contributed by atoms with Crippen LogP contribution in [-0.4, -0.2) is 44.7 Å². The highest BCUT2D eigenvalue weighted by molar-refractivity contribution is 5.66. The molecule has 0 bridgehead atoms. The minimum Gasteiger partial charge on any atom is -0.481 e. The molecule has 0 radical (unpaired) electrons. The van der Waals surface area contributed by atoms with Crippen molar-refractivity contribution in [1.29, 1.82) is 0 Å². The van der Waals surface area contributed by atoms with Gasteiger partial charge in [-0.1, -0.05) is 62.0 Å². The second-order valence-corrected chi connectivity index (χ2v) is 7.03. The summed E-state index contributed by atoms with van der Waals surface area (Å²) in [7, 11) is 0. The van der Waals surface area contributed by atoms with Crippen molar-refractivity contribution in [2.45, 2.75) is 70.2 Å². The zero-order valence-electron chi connectivity index (χ0n) is 16.2. The fourth-order valence-corrected chi connectivity index (χ4v) is 3.37. The van der Waals surface area contributed by atoms with Crippen molar-refractivity contribution in [3.05, 3.63) is 48.6 Å². The van der Waals surface area contributed by atoms with Gasteiger partial charge in [0.15, 0.2) is 0 Å². The standard InChI is InChI=1S/C22H34O5/c1-2-18-19(21(25)16-20(18)24)15-14-17(23)12-10-8-6-4-3-5-7-9-11-13-22(26)27/h3-4,7-10,14-15,17-21,23-25H,2,5-6,11-13,16H2,1H3,(H,26,27)/b4-3-,9-7-,10-8-,15-14+/t17-,18+,19-,20+,21-/m1/s1. The van der Waals surface area contributed by atoms with Gasteiger partial charge in [-0.3, -0.25) is 4.79 Å². The molecule has 0 unspecified atom stereocenters. The molecule has 4 N–H and O–H groups in total. The fourth-order valence-electron chi connectivity index (χ4n) is 3.37. The molecule has 1 fully saturated rings. The van der Waals surface area contributed by atoms with Gasteiger partial charge in [-0.25, -0.2) is 0 Å². The second kappa shape index (κ2) is 13.5. The first-order valence-electron chi connectivity index (χ1n) is 9.85. The maximum atomic E-state index is 10.3. The molecule has 152 valence electrons. The number of aliphatic hydroxyl groups is 3. The zero-order valence-corrected chi connectivity index (χ0v) is 16.2. The maximum Gasteiger partial charge on any atom is 0.303 e. The van der Waals surface area contributed by atoms with E-state index in [0.29, 0.717) is 19.3 Å². The number of carboxylic acid groups (broad SMARTS) is 1. The largest absolute Gasteiger partial charge is 0.481 e. The molecule has 1 aliphatic carbocycles. The molecule has 5 nitrogen and oxygen atoms in total. The molecule has 0 saturated heterocycles. The second-order valence-electron chi connectivity index (χ2n) is 7.03. The van der Waals surface area contributed by atoms with Crippen LogP contribution in [-0.2, 0) is 4.79 Å². The SMILES string of the molecule is CC[C@H]1[C@@H](/C=C/[C@H](O)C/C=C\C/C=C\C/C=C\CCC(=O)O)[C@H](O)C[C@@H]1O. The van der Waals surface area contributed by atoms with Gasteiger partial charge in [0, 0.05) is 18.8 Å². The highest BCUT2D eigenvalue weighted by atomic mass is 16.4. The minimum absolute atomic E-state index is 0.0577. The molecule has 0 aromatic rings. The summed E-state index contributed by atoms with van der Waals surface area (Å²) < 4.78 is 0. The third-order valence-corrected chi connectivity index (χ3v) is 4.89. The van der Waals surface area contributed by atoms with Crippen LogP contribution in [0.15, 0.2) is 48.6 Å². The molecule has 1 aliphatic rings. The van der Waals surface area contributed by atoms with Crippen LogP contribution in [0, 0.1) is 11.8 Å². The van der Waals surface area contributed by atoms with Gasteiger partial charge >= 0.3 is 5.97 Å². The van der Waals surface area contributed by atoms with E-state index in [0.717, 1.165) is 19.3 Å². The van der Waals surface area contributed by atoms with E-state index in [-0.39, 0.29) is 18.3 Å². The first-order valence-corrected chi connectivity index (χ1v) is 9.85. The predicted octanol–water partition coefficient (Wildman–Crippen LogP) is 3.38. The summed E-state index contributed by atoms with van der Waals surface area (Å²) in [5, 5.41) is 38.5. The number of allylic oxidation sites excluding steroid dienone is 5. The Bertz CT molecular complexity index is 535. The van der Waals surface area contributed by atoms with Crippen LogP contribution in [0.3, 0.4) is 0 Å². The number of aliphatic carboxylic acids is 1. The molecule has 5 atom stereocenters. The van der Waals surface area contributed by atoms with Gasteiger partial charge in [0.2, 0.25) is 0 Å². The minimum atomic E-state index is -0.778. The number of rotatable bonds is 12. The van der Waals surface area contributed by atoms with E-state index in [1.54, 1.807) is 6.08 Å². The average Bonchev–Trinajstić information content (AvgIpc) is 2.90. The zero-order chi connectivity index (χ0) is 20.1. The van der Waals surface area contributed by atoms with Gasteiger partial charge in [0.05, 0.1) is 18.3 Å². The molecule has 5 heteroatoms. The van der Waals surface area contributed by atoms with E-state index < -0.39 is 24.3 Å². The van der Waals surface area contributed by atoms with Crippen LogP contribution in [0.25, 0.3) is 0 Å². The molecule has 0 heterocycles. The first-order chi connectivity index (χ1) is 13.0. The summed E-state index contributed by atoms with van der Waals surface area (Å²) in [6.07, 6.45) is 17.8. The third kappa shape index (κ3) is 9.70. The van der Waals surface area contributed by atoms with E-state index in [4.69, 9.17) is 5.11 Å². The lowest BCUT2D eigenvalue weighted by molar-refractivity contribution is -0.136. The lowest BCUT2D eigenvalue weighted by atomic mass is 9.90. The van der Waals surface area contributed by atoms with Gasteiger partial charge in [-0.15, -0.1) is 0 Å². The molecule has 0 aromatic carbocycles. The lowest BCUT2D eigenvalue weighted by Crippen LogP contribution is -2.20. The molecule has 0 spiro atoms. The molecule has 1 saturated carbocycles. The van der Waals surface area contributed by atoms with Crippen molar-refractivity contribution in [2.75, 3.05) is 0 Å². The summed E-state index contributed by atoms with van der Waals surface area (Å²) in [6, 6.07) is 0. The Morgan fingerprint density at radius 2 is 1.67 bits per heavy atom. The van der Waals surface area contributed by atoms with E-state index in [1.165, 1.54) is 0 Å². The Kier molecular flexibility index (Phi) is 11.7. The number of hydrogen-bond acceptors (Lipinski definition) is 4. The van der Waals surface area contributed by atoms with E-state index in [2.05, 4.69) is 0 Å². The lowest BCUT2D eigenvalue weighted by Gasteiger charge is -2.19. The van der Waals surface area contributed by atoms with E-state index in [1.807, 2.05) is 49.5 Å². The van der Waals surface area contributed by atoms with Crippen LogP contribution in [0.5, 0.6) is 0 Å². The molecule has 1 rings (SSSR count). The highest BCUT2D eigenvalue weighted by Crippen LogP contribution is 2.35. The van der Waals surface area contributed by atoms with Crippen molar-refractivity contribution < 1.29 is 25.2 Å². The summed E-state index contributed by atoms with van der Waals surface area (Å²) >= 11 is 0. The third-order valence-electron chi connectivity index (χ3n) is 4.89. The summed E-state index contributed by atoms with van der Waals surface area (Å²) in [5.74, 6) is -0.808. The topological polar surface area (TPSA) is 98.0 Å². The quantitative estimate of drug-likeness (QED) is 0.390. The van der Waals surface area contributed by atoms with Crippen LogP contribution in [0.4, 0.5) is 0 Å². The van der Waals surface area contributed by atoms with Crippen LogP contribution in [0.2, 0.25) is 0 Å². The van der Waals surface area contributed by atoms with Crippen LogP contribution < -0.4 is 0 Å².